The largest absolute Gasteiger partial charge is 0.508 e. The molecule has 0 saturated carbocycles. The van der Waals surface area contributed by atoms with Gasteiger partial charge in [-0.2, -0.15) is 0 Å². The van der Waals surface area contributed by atoms with Gasteiger partial charge in [0.2, 0.25) is 5.91 Å². The molecule has 0 aliphatic rings. The number of aromatic hydroxyl groups is 1. The van der Waals surface area contributed by atoms with E-state index in [-0.39, 0.29) is 18.7 Å². The van der Waals surface area contributed by atoms with Crippen LogP contribution in [0.4, 0.5) is 10.5 Å². The summed E-state index contributed by atoms with van der Waals surface area (Å²) in [6.45, 7) is 9.32. The van der Waals surface area contributed by atoms with Crippen LogP contribution in [0.5, 0.6) is 5.75 Å². The molecule has 8 heteroatoms. The van der Waals surface area contributed by atoms with Crippen molar-refractivity contribution in [3.05, 3.63) is 95.6 Å². The molecule has 40 heavy (non-hydrogen) atoms. The van der Waals surface area contributed by atoms with Crippen molar-refractivity contribution < 1.29 is 24.2 Å². The lowest BCUT2D eigenvalue weighted by molar-refractivity contribution is -0.140. The molecule has 8 nitrogen and oxygen atoms in total. The molecule has 0 fully saturated rings. The van der Waals surface area contributed by atoms with Gasteiger partial charge in [-0.3, -0.25) is 9.59 Å². The highest BCUT2D eigenvalue weighted by Crippen LogP contribution is 2.27. The van der Waals surface area contributed by atoms with Crippen molar-refractivity contribution in [1.29, 1.82) is 0 Å². The molecule has 3 amide bonds. The first-order valence-corrected chi connectivity index (χ1v) is 13.5. The number of carbonyl (C=O) groups is 3. The number of hydrogen-bond donors (Lipinski definition) is 3. The summed E-state index contributed by atoms with van der Waals surface area (Å²) in [5.74, 6) is -0.782. The molecule has 0 bridgehead atoms. The van der Waals surface area contributed by atoms with E-state index < -0.39 is 35.6 Å². The maximum absolute atomic E-state index is 14.3. The van der Waals surface area contributed by atoms with Crippen LogP contribution in [0.3, 0.4) is 0 Å². The lowest BCUT2D eigenvalue weighted by Crippen LogP contribution is -2.53. The number of aryl methyl sites for hydroxylation is 1. The number of carbonyl (C=O) groups excluding carboxylic acids is 3. The minimum atomic E-state index is -1.02. The second-order valence-corrected chi connectivity index (χ2v) is 10.7. The van der Waals surface area contributed by atoms with Gasteiger partial charge in [0.05, 0.1) is 0 Å². The Kier molecular flexibility index (Phi) is 10.3. The number of rotatable bonds is 10. The SMILES string of the molecule is CCCN(C(=O)C(Cc1ccccc1)NC(=O)OC(C)(C)C)C(C(=O)Nc1ccccc1C)c1ccc(O)cc1. The normalized spacial score (nSPS) is 12.6. The van der Waals surface area contributed by atoms with Crippen LogP contribution in [-0.2, 0) is 20.7 Å². The highest BCUT2D eigenvalue weighted by molar-refractivity contribution is 5.99. The van der Waals surface area contributed by atoms with Gasteiger partial charge >= 0.3 is 6.09 Å². The first-order chi connectivity index (χ1) is 19.0. The van der Waals surface area contributed by atoms with Crippen molar-refractivity contribution >= 4 is 23.6 Å². The molecule has 2 unspecified atom stereocenters. The van der Waals surface area contributed by atoms with Crippen molar-refractivity contribution in [3.63, 3.8) is 0 Å². The minimum Gasteiger partial charge on any atom is -0.508 e. The molecular formula is C32H39N3O5. The Morgan fingerprint density at radius 3 is 2.15 bits per heavy atom. The summed E-state index contributed by atoms with van der Waals surface area (Å²) in [6, 6.07) is 21.0. The summed E-state index contributed by atoms with van der Waals surface area (Å²) < 4.78 is 5.47. The number of alkyl carbamates (subject to hydrolysis) is 1. The minimum absolute atomic E-state index is 0.0451. The fraction of sp³-hybridized carbons (Fsp3) is 0.344. The van der Waals surface area contributed by atoms with Gasteiger partial charge in [-0.25, -0.2) is 4.79 Å². The van der Waals surface area contributed by atoms with Gasteiger partial charge in [0, 0.05) is 18.7 Å². The molecule has 3 aromatic rings. The number of phenolic OH excluding ortho intramolecular Hbond substituents is 1. The van der Waals surface area contributed by atoms with Crippen LogP contribution in [0.15, 0.2) is 78.9 Å². The van der Waals surface area contributed by atoms with Crippen molar-refractivity contribution in [2.75, 3.05) is 11.9 Å². The van der Waals surface area contributed by atoms with Crippen LogP contribution in [0, 0.1) is 6.92 Å². The highest BCUT2D eigenvalue weighted by atomic mass is 16.6. The van der Waals surface area contributed by atoms with Crippen molar-refractivity contribution in [2.45, 2.75) is 65.1 Å². The third-order valence-electron chi connectivity index (χ3n) is 6.19. The predicted molar refractivity (Wildman–Crippen MR) is 156 cm³/mol. The second kappa shape index (κ2) is 13.6. The molecule has 0 spiro atoms. The third-order valence-corrected chi connectivity index (χ3v) is 6.19. The Labute approximate surface area is 236 Å². The number of ether oxygens (including phenoxy) is 1. The quantitative estimate of drug-likeness (QED) is 0.300. The maximum atomic E-state index is 14.3. The number of benzene rings is 3. The first kappa shape index (κ1) is 30.2. The summed E-state index contributed by atoms with van der Waals surface area (Å²) in [5.41, 5.74) is 2.13. The molecule has 0 aliphatic heterocycles. The van der Waals surface area contributed by atoms with Gasteiger partial charge < -0.3 is 25.4 Å². The lowest BCUT2D eigenvalue weighted by Gasteiger charge is -2.34. The molecule has 0 radical (unpaired) electrons. The van der Waals surface area contributed by atoms with Crippen LogP contribution in [-0.4, -0.2) is 46.1 Å². The zero-order chi connectivity index (χ0) is 29.3. The highest BCUT2D eigenvalue weighted by Gasteiger charge is 2.36. The Hall–Kier alpha value is -4.33. The van der Waals surface area contributed by atoms with Crippen molar-refractivity contribution in [2.24, 2.45) is 0 Å². The van der Waals surface area contributed by atoms with Gasteiger partial charge in [0.1, 0.15) is 23.4 Å². The number of phenols is 1. The Morgan fingerprint density at radius 1 is 0.925 bits per heavy atom. The van der Waals surface area contributed by atoms with Gasteiger partial charge in [0.25, 0.3) is 5.91 Å². The van der Waals surface area contributed by atoms with Gasteiger partial charge in [-0.05, 0) is 69.0 Å². The van der Waals surface area contributed by atoms with Gasteiger partial charge in [0.15, 0.2) is 0 Å². The van der Waals surface area contributed by atoms with Gasteiger partial charge in [-0.1, -0.05) is 67.6 Å². The molecule has 0 aromatic heterocycles. The maximum Gasteiger partial charge on any atom is 0.408 e. The molecule has 0 heterocycles. The molecule has 0 aliphatic carbocycles. The van der Waals surface area contributed by atoms with E-state index in [1.807, 2.05) is 62.4 Å². The number of anilines is 1. The van der Waals surface area contributed by atoms with Crippen LogP contribution in [0.25, 0.3) is 0 Å². The van der Waals surface area contributed by atoms with Crippen LogP contribution < -0.4 is 10.6 Å². The van der Waals surface area contributed by atoms with Crippen molar-refractivity contribution in [1.82, 2.24) is 10.2 Å². The van der Waals surface area contributed by atoms with E-state index in [4.69, 9.17) is 4.74 Å². The van der Waals surface area contributed by atoms with Gasteiger partial charge in [-0.15, -0.1) is 0 Å². The number of para-hydroxylation sites is 1. The van der Waals surface area contributed by atoms with Crippen LogP contribution in [0.2, 0.25) is 0 Å². The van der Waals surface area contributed by atoms with E-state index in [9.17, 15) is 19.5 Å². The summed E-state index contributed by atoms with van der Waals surface area (Å²) in [6.07, 6.45) is 0.0623. The molecular weight excluding hydrogens is 506 g/mol. The molecule has 3 rings (SSSR count). The van der Waals surface area contributed by atoms with Crippen molar-refractivity contribution in [3.8, 4) is 5.75 Å². The molecule has 2 atom stereocenters. The van der Waals surface area contributed by atoms with E-state index in [2.05, 4.69) is 10.6 Å². The molecule has 212 valence electrons. The van der Waals surface area contributed by atoms with E-state index in [1.165, 1.54) is 17.0 Å². The monoisotopic (exact) mass is 545 g/mol. The fourth-order valence-corrected chi connectivity index (χ4v) is 4.35. The summed E-state index contributed by atoms with van der Waals surface area (Å²) >= 11 is 0. The zero-order valence-electron chi connectivity index (χ0n) is 23.8. The molecule has 0 saturated heterocycles. The predicted octanol–water partition coefficient (Wildman–Crippen LogP) is 5.76. The van der Waals surface area contributed by atoms with Crippen LogP contribution in [0.1, 0.15) is 56.8 Å². The summed E-state index contributed by atoms with van der Waals surface area (Å²) in [4.78, 5) is 42.5. The van der Waals surface area contributed by atoms with E-state index >= 15 is 0 Å². The smallest absolute Gasteiger partial charge is 0.408 e. The van der Waals surface area contributed by atoms with Crippen LogP contribution >= 0.6 is 0 Å². The number of nitrogens with one attached hydrogen (secondary N) is 2. The van der Waals surface area contributed by atoms with E-state index in [0.29, 0.717) is 17.7 Å². The summed E-state index contributed by atoms with van der Waals surface area (Å²) in [7, 11) is 0. The van der Waals surface area contributed by atoms with E-state index in [0.717, 1.165) is 11.1 Å². The Balaban J connectivity index is 2.03. The van der Waals surface area contributed by atoms with E-state index in [1.54, 1.807) is 39.0 Å². The Bertz CT molecular complexity index is 1290. The molecule has 3 N–H and O–H groups in total. The summed E-state index contributed by atoms with van der Waals surface area (Å²) in [5, 5.41) is 15.6. The lowest BCUT2D eigenvalue weighted by atomic mass is 9.99. The third kappa shape index (κ3) is 8.59. The standard InChI is InChI=1S/C32H39N3O5/c1-6-20-35(30(38)27(21-23-13-8-7-9-14-23)34-31(39)40-32(3,4)5)28(24-16-18-25(36)19-17-24)29(37)33-26-15-11-10-12-22(26)2/h7-19,27-28,36H,6,20-21H2,1-5H3,(H,33,37)(H,34,39). The second-order valence-electron chi connectivity index (χ2n) is 10.7. The number of amides is 3. The molecule has 3 aromatic carbocycles. The fourth-order valence-electron chi connectivity index (χ4n) is 4.35. The average molecular weight is 546 g/mol. The zero-order valence-corrected chi connectivity index (χ0v) is 23.8. The topological polar surface area (TPSA) is 108 Å². The number of hydrogen-bond acceptors (Lipinski definition) is 5. The first-order valence-electron chi connectivity index (χ1n) is 13.5. The Morgan fingerprint density at radius 2 is 1.55 bits per heavy atom. The average Bonchev–Trinajstić information content (AvgIpc) is 2.89. The number of nitrogens with zero attached hydrogens (tertiary/aromatic N) is 1.